The number of halogens is 1. The molecule has 4 rings (SSSR count). The van der Waals surface area contributed by atoms with Crippen molar-refractivity contribution < 1.29 is 17.6 Å². The Balaban J connectivity index is 1.52. The number of hydrogen-bond donors (Lipinski definition) is 0. The molecule has 1 fully saturated rings. The van der Waals surface area contributed by atoms with Crippen molar-refractivity contribution in [2.24, 2.45) is 0 Å². The first-order chi connectivity index (χ1) is 13.9. The molecular weight excluding hydrogens is 432 g/mol. The SMILES string of the molecule is O=C(Cc1csc(-c2cccc(Cl)c2)n1)N(Cc1ccco1)C1CCS(=O)(=O)C1. The molecule has 2 aromatic heterocycles. The highest BCUT2D eigenvalue weighted by molar-refractivity contribution is 7.91. The van der Waals surface area contributed by atoms with Gasteiger partial charge in [0, 0.05) is 22.0 Å². The monoisotopic (exact) mass is 450 g/mol. The number of sulfone groups is 1. The van der Waals surface area contributed by atoms with Gasteiger partial charge >= 0.3 is 0 Å². The van der Waals surface area contributed by atoms with Gasteiger partial charge in [-0.25, -0.2) is 13.4 Å². The van der Waals surface area contributed by atoms with Gasteiger partial charge in [-0.1, -0.05) is 23.7 Å². The molecule has 1 aromatic carbocycles. The number of carbonyl (C=O) groups excluding carboxylic acids is 1. The Hall–Kier alpha value is -2.16. The number of nitrogens with zero attached hydrogens (tertiary/aromatic N) is 2. The molecule has 1 saturated heterocycles. The summed E-state index contributed by atoms with van der Waals surface area (Å²) in [4.78, 5) is 19.2. The van der Waals surface area contributed by atoms with Crippen LogP contribution in [0.25, 0.3) is 10.6 Å². The topological polar surface area (TPSA) is 80.5 Å². The van der Waals surface area contributed by atoms with Gasteiger partial charge in [-0.2, -0.15) is 0 Å². The Bertz CT molecular complexity index is 1110. The van der Waals surface area contributed by atoms with Gasteiger partial charge in [0.1, 0.15) is 10.8 Å². The largest absolute Gasteiger partial charge is 0.467 e. The van der Waals surface area contributed by atoms with E-state index in [2.05, 4.69) is 4.98 Å². The summed E-state index contributed by atoms with van der Waals surface area (Å²) >= 11 is 7.50. The van der Waals surface area contributed by atoms with Gasteiger partial charge in [0.15, 0.2) is 9.84 Å². The minimum atomic E-state index is -3.11. The van der Waals surface area contributed by atoms with Crippen LogP contribution in [-0.4, -0.2) is 41.8 Å². The van der Waals surface area contributed by atoms with E-state index in [0.717, 1.165) is 10.6 Å². The zero-order chi connectivity index (χ0) is 20.4. The first kappa shape index (κ1) is 20.1. The Morgan fingerprint density at radius 2 is 2.17 bits per heavy atom. The Kier molecular flexibility index (Phi) is 5.76. The van der Waals surface area contributed by atoms with Crippen LogP contribution in [0.5, 0.6) is 0 Å². The number of carbonyl (C=O) groups is 1. The molecule has 0 aliphatic carbocycles. The number of thiazole rings is 1. The number of amides is 1. The maximum Gasteiger partial charge on any atom is 0.229 e. The Morgan fingerprint density at radius 1 is 1.31 bits per heavy atom. The fourth-order valence-corrected chi connectivity index (χ4v) is 6.15. The normalized spacial score (nSPS) is 18.0. The van der Waals surface area contributed by atoms with Crippen molar-refractivity contribution in [3.8, 4) is 10.6 Å². The molecule has 1 unspecified atom stereocenters. The van der Waals surface area contributed by atoms with E-state index in [4.69, 9.17) is 16.0 Å². The highest BCUT2D eigenvalue weighted by atomic mass is 35.5. The molecule has 152 valence electrons. The molecular formula is C20H19ClN2O4S2. The van der Waals surface area contributed by atoms with Crippen molar-refractivity contribution in [3.05, 3.63) is 64.5 Å². The van der Waals surface area contributed by atoms with Crippen LogP contribution in [0.3, 0.4) is 0 Å². The van der Waals surface area contributed by atoms with Gasteiger partial charge in [-0.05, 0) is 30.7 Å². The lowest BCUT2D eigenvalue weighted by molar-refractivity contribution is -0.133. The zero-order valence-corrected chi connectivity index (χ0v) is 17.8. The minimum absolute atomic E-state index is 0.00964. The molecule has 1 aliphatic heterocycles. The van der Waals surface area contributed by atoms with Gasteiger partial charge in [0.2, 0.25) is 5.91 Å². The summed E-state index contributed by atoms with van der Waals surface area (Å²) in [6.45, 7) is 0.247. The van der Waals surface area contributed by atoms with Crippen molar-refractivity contribution in [3.63, 3.8) is 0 Å². The quantitative estimate of drug-likeness (QED) is 0.570. The second kappa shape index (κ2) is 8.30. The fourth-order valence-electron chi connectivity index (χ4n) is 3.41. The predicted molar refractivity (Wildman–Crippen MR) is 113 cm³/mol. The molecule has 0 bridgehead atoms. The summed E-state index contributed by atoms with van der Waals surface area (Å²) in [6, 6.07) is 10.6. The molecule has 3 aromatic rings. The van der Waals surface area contributed by atoms with Crippen LogP contribution in [0.15, 0.2) is 52.5 Å². The minimum Gasteiger partial charge on any atom is -0.467 e. The van der Waals surface area contributed by atoms with Crippen LogP contribution >= 0.6 is 22.9 Å². The third kappa shape index (κ3) is 4.88. The molecule has 1 aliphatic rings. The summed E-state index contributed by atoms with van der Waals surface area (Å²) < 4.78 is 29.2. The maximum atomic E-state index is 13.1. The van der Waals surface area contributed by atoms with Crippen molar-refractivity contribution in [1.29, 1.82) is 0 Å². The molecule has 1 amide bonds. The van der Waals surface area contributed by atoms with Crippen LogP contribution < -0.4 is 0 Å². The number of furan rings is 1. The molecule has 0 N–H and O–H groups in total. The van der Waals surface area contributed by atoms with Gasteiger partial charge in [0.25, 0.3) is 0 Å². The molecule has 0 radical (unpaired) electrons. The van der Waals surface area contributed by atoms with E-state index in [1.54, 1.807) is 29.4 Å². The summed E-state index contributed by atoms with van der Waals surface area (Å²) in [5.74, 6) is 0.562. The molecule has 1 atom stereocenters. The van der Waals surface area contributed by atoms with Crippen molar-refractivity contribution in [2.45, 2.75) is 25.4 Å². The van der Waals surface area contributed by atoms with Crippen LogP contribution in [0.4, 0.5) is 0 Å². The second-order valence-corrected chi connectivity index (χ2v) is 10.5. The second-order valence-electron chi connectivity index (χ2n) is 6.99. The highest BCUT2D eigenvalue weighted by Gasteiger charge is 2.35. The number of aromatic nitrogens is 1. The van der Waals surface area contributed by atoms with Gasteiger partial charge in [-0.15, -0.1) is 11.3 Å². The average Bonchev–Trinajstić information content (AvgIpc) is 3.41. The standard InChI is InChI=1S/C20H19ClN2O4S2/c21-15-4-1-3-14(9-15)20-22-16(12-28-20)10-19(24)23(11-18-5-2-7-27-18)17-6-8-29(25,26)13-17/h1-5,7,9,12,17H,6,8,10-11,13H2. The summed E-state index contributed by atoms with van der Waals surface area (Å²) in [5.41, 5.74) is 1.55. The number of benzene rings is 1. The van der Waals surface area contributed by atoms with E-state index in [0.29, 0.717) is 22.9 Å². The van der Waals surface area contributed by atoms with E-state index in [-0.39, 0.29) is 36.4 Å². The van der Waals surface area contributed by atoms with Crippen molar-refractivity contribution in [1.82, 2.24) is 9.88 Å². The fraction of sp³-hybridized carbons (Fsp3) is 0.300. The van der Waals surface area contributed by atoms with E-state index in [1.807, 2.05) is 23.6 Å². The van der Waals surface area contributed by atoms with Gasteiger partial charge < -0.3 is 9.32 Å². The van der Waals surface area contributed by atoms with Gasteiger partial charge in [0.05, 0.1) is 36.4 Å². The van der Waals surface area contributed by atoms with Crippen LogP contribution in [0.1, 0.15) is 17.9 Å². The van der Waals surface area contributed by atoms with Gasteiger partial charge in [-0.3, -0.25) is 4.79 Å². The predicted octanol–water partition coefficient (Wildman–Crippen LogP) is 3.81. The molecule has 3 heterocycles. The van der Waals surface area contributed by atoms with E-state index < -0.39 is 9.84 Å². The molecule has 0 saturated carbocycles. The third-order valence-electron chi connectivity index (χ3n) is 4.83. The maximum absolute atomic E-state index is 13.1. The lowest BCUT2D eigenvalue weighted by atomic mass is 10.2. The summed E-state index contributed by atoms with van der Waals surface area (Å²) in [6.07, 6.45) is 2.09. The molecule has 29 heavy (non-hydrogen) atoms. The lowest BCUT2D eigenvalue weighted by Crippen LogP contribution is -2.41. The van der Waals surface area contributed by atoms with E-state index in [1.165, 1.54) is 11.3 Å². The Labute approximate surface area is 178 Å². The molecule has 0 spiro atoms. The zero-order valence-electron chi connectivity index (χ0n) is 15.5. The Morgan fingerprint density at radius 3 is 2.86 bits per heavy atom. The van der Waals surface area contributed by atoms with Crippen molar-refractivity contribution in [2.75, 3.05) is 11.5 Å². The van der Waals surface area contributed by atoms with Crippen molar-refractivity contribution >= 4 is 38.7 Å². The third-order valence-corrected chi connectivity index (χ3v) is 7.76. The summed E-state index contributed by atoms with van der Waals surface area (Å²) in [7, 11) is -3.11. The first-order valence-corrected chi connectivity index (χ1v) is 12.2. The first-order valence-electron chi connectivity index (χ1n) is 9.12. The lowest BCUT2D eigenvalue weighted by Gasteiger charge is -2.27. The number of hydrogen-bond acceptors (Lipinski definition) is 6. The van der Waals surface area contributed by atoms with Crippen LogP contribution in [0, 0.1) is 0 Å². The smallest absolute Gasteiger partial charge is 0.229 e. The van der Waals surface area contributed by atoms with E-state index >= 15 is 0 Å². The average molecular weight is 451 g/mol. The highest BCUT2D eigenvalue weighted by Crippen LogP contribution is 2.27. The molecule has 9 heteroatoms. The molecule has 6 nitrogen and oxygen atoms in total. The number of rotatable bonds is 6. The van der Waals surface area contributed by atoms with Crippen LogP contribution in [-0.2, 0) is 27.6 Å². The summed E-state index contributed by atoms with van der Waals surface area (Å²) in [5, 5.41) is 3.27. The van der Waals surface area contributed by atoms with Crippen LogP contribution in [0.2, 0.25) is 5.02 Å². The van der Waals surface area contributed by atoms with E-state index in [9.17, 15) is 13.2 Å².